The Kier molecular flexibility index (Phi) is 6.68. The third-order valence-electron chi connectivity index (χ3n) is 5.46. The van der Waals surface area contributed by atoms with Crippen molar-refractivity contribution in [2.24, 2.45) is 0 Å². The summed E-state index contributed by atoms with van der Waals surface area (Å²) in [5.41, 5.74) is -0.783. The normalized spacial score (nSPS) is 25.2. The number of alkyl halides is 3. The van der Waals surface area contributed by atoms with Crippen LogP contribution in [0.25, 0.3) is 0 Å². The fraction of sp³-hybridized carbons (Fsp3) is 0.650. The average molecular weight is 398 g/mol. The van der Waals surface area contributed by atoms with Crippen molar-refractivity contribution in [2.75, 3.05) is 20.4 Å². The lowest BCUT2D eigenvalue weighted by molar-refractivity contribution is -0.137. The van der Waals surface area contributed by atoms with E-state index in [0.29, 0.717) is 24.3 Å². The molecule has 0 aromatic heterocycles. The summed E-state index contributed by atoms with van der Waals surface area (Å²) in [4.78, 5) is 2.40. The van der Waals surface area contributed by atoms with Gasteiger partial charge < -0.3 is 14.2 Å². The van der Waals surface area contributed by atoms with Crippen LogP contribution in [0.2, 0.25) is 0 Å². The lowest BCUT2D eigenvalue weighted by Crippen LogP contribution is -2.54. The fourth-order valence-electron chi connectivity index (χ4n) is 4.27. The first kappa shape index (κ1) is 20.7. The van der Waals surface area contributed by atoms with Crippen LogP contribution in [0, 0.1) is 11.3 Å². The predicted molar refractivity (Wildman–Crippen MR) is 96.0 cm³/mol. The van der Waals surface area contributed by atoms with E-state index < -0.39 is 11.7 Å². The number of methoxy groups -OCH3 is 1. The molecule has 0 N–H and O–H groups in total. The second-order valence-electron chi connectivity index (χ2n) is 7.31. The van der Waals surface area contributed by atoms with E-state index in [0.717, 1.165) is 50.8 Å². The van der Waals surface area contributed by atoms with Gasteiger partial charge in [-0.2, -0.15) is 18.4 Å². The van der Waals surface area contributed by atoms with E-state index in [4.69, 9.17) is 19.5 Å². The molecule has 154 valence electrons. The Morgan fingerprint density at radius 2 is 1.89 bits per heavy atom. The molecule has 2 aliphatic rings. The summed E-state index contributed by atoms with van der Waals surface area (Å²) in [6, 6.07) is 6.20. The molecule has 5 nitrogen and oxygen atoms in total. The molecular formula is C20H25F3N2O3. The lowest BCUT2D eigenvalue weighted by Gasteiger charge is -2.48. The number of piperidine rings is 2. The van der Waals surface area contributed by atoms with Gasteiger partial charge in [-0.05, 0) is 43.9 Å². The zero-order chi connectivity index (χ0) is 20.1. The topological polar surface area (TPSA) is 54.7 Å². The molecule has 0 radical (unpaired) electrons. The SMILES string of the molecule is COCOc1cc(C(F)(F)F)ccc1O[C@H]1C[C@H]2CCC[C@@H](C1)N2CCC#N. The van der Waals surface area contributed by atoms with Gasteiger partial charge in [0.2, 0.25) is 0 Å². The molecule has 2 aliphatic heterocycles. The van der Waals surface area contributed by atoms with Crippen LogP contribution in [0.4, 0.5) is 13.2 Å². The maximum atomic E-state index is 13.0. The van der Waals surface area contributed by atoms with E-state index in [1.807, 2.05) is 0 Å². The molecule has 2 bridgehead atoms. The summed E-state index contributed by atoms with van der Waals surface area (Å²) in [6.07, 6.45) is 0.839. The lowest BCUT2D eigenvalue weighted by atomic mass is 9.82. The fourth-order valence-corrected chi connectivity index (χ4v) is 4.27. The van der Waals surface area contributed by atoms with Crippen LogP contribution < -0.4 is 9.47 Å². The minimum absolute atomic E-state index is 0.0359. The second-order valence-corrected chi connectivity index (χ2v) is 7.31. The van der Waals surface area contributed by atoms with Crippen LogP contribution >= 0.6 is 0 Å². The van der Waals surface area contributed by atoms with Gasteiger partial charge in [0.1, 0.15) is 6.10 Å². The van der Waals surface area contributed by atoms with Crippen LogP contribution in [0.15, 0.2) is 18.2 Å². The average Bonchev–Trinajstić information content (AvgIpc) is 2.64. The smallest absolute Gasteiger partial charge is 0.416 e. The molecule has 0 aliphatic carbocycles. The van der Waals surface area contributed by atoms with Crippen LogP contribution in [0.5, 0.6) is 11.5 Å². The van der Waals surface area contributed by atoms with E-state index in [2.05, 4.69) is 11.0 Å². The first-order chi connectivity index (χ1) is 13.4. The third kappa shape index (κ3) is 4.89. The van der Waals surface area contributed by atoms with E-state index in [-0.39, 0.29) is 18.6 Å². The van der Waals surface area contributed by atoms with Gasteiger partial charge in [0.25, 0.3) is 0 Å². The molecule has 0 unspecified atom stereocenters. The molecule has 0 saturated carbocycles. The Morgan fingerprint density at radius 1 is 1.18 bits per heavy atom. The van der Waals surface area contributed by atoms with Crippen molar-refractivity contribution in [1.82, 2.24) is 4.90 Å². The van der Waals surface area contributed by atoms with Gasteiger partial charge in [-0.3, -0.25) is 4.90 Å². The van der Waals surface area contributed by atoms with Crippen LogP contribution in [0.1, 0.15) is 44.1 Å². The van der Waals surface area contributed by atoms with Crippen molar-refractivity contribution in [3.8, 4) is 17.6 Å². The molecule has 2 saturated heterocycles. The Hall–Kier alpha value is -1.98. The molecule has 8 heteroatoms. The molecule has 2 fully saturated rings. The van der Waals surface area contributed by atoms with Gasteiger partial charge in [-0.25, -0.2) is 0 Å². The number of rotatable bonds is 7. The number of hydrogen-bond acceptors (Lipinski definition) is 5. The van der Waals surface area contributed by atoms with Crippen LogP contribution in [-0.4, -0.2) is 43.5 Å². The first-order valence-electron chi connectivity index (χ1n) is 9.54. The van der Waals surface area contributed by atoms with E-state index >= 15 is 0 Å². The highest BCUT2D eigenvalue weighted by atomic mass is 19.4. The van der Waals surface area contributed by atoms with Gasteiger partial charge in [0, 0.05) is 32.2 Å². The van der Waals surface area contributed by atoms with Gasteiger partial charge in [-0.15, -0.1) is 0 Å². The summed E-state index contributed by atoms with van der Waals surface area (Å²) < 4.78 is 55.4. The Bertz CT molecular complexity index is 691. The quantitative estimate of drug-likeness (QED) is 0.639. The predicted octanol–water partition coefficient (Wildman–Crippen LogP) is 4.37. The summed E-state index contributed by atoms with van der Waals surface area (Å²) in [5.74, 6) is 0.340. The molecule has 3 rings (SSSR count). The van der Waals surface area contributed by atoms with Gasteiger partial charge >= 0.3 is 6.18 Å². The van der Waals surface area contributed by atoms with Gasteiger partial charge in [-0.1, -0.05) is 6.42 Å². The maximum Gasteiger partial charge on any atom is 0.416 e. The highest BCUT2D eigenvalue weighted by Crippen LogP contribution is 2.40. The van der Waals surface area contributed by atoms with Crippen molar-refractivity contribution >= 4 is 0 Å². The van der Waals surface area contributed by atoms with Crippen molar-refractivity contribution in [2.45, 2.75) is 62.9 Å². The van der Waals surface area contributed by atoms with Crippen molar-refractivity contribution in [3.63, 3.8) is 0 Å². The maximum absolute atomic E-state index is 13.0. The molecule has 0 amide bonds. The zero-order valence-corrected chi connectivity index (χ0v) is 15.9. The number of nitriles is 1. The summed E-state index contributed by atoms with van der Waals surface area (Å²) in [5, 5.41) is 8.88. The molecule has 28 heavy (non-hydrogen) atoms. The Balaban J connectivity index is 1.73. The molecule has 3 atom stereocenters. The minimum Gasteiger partial charge on any atom is -0.486 e. The molecular weight excluding hydrogens is 373 g/mol. The van der Waals surface area contributed by atoms with E-state index in [1.165, 1.54) is 13.2 Å². The zero-order valence-electron chi connectivity index (χ0n) is 15.9. The third-order valence-corrected chi connectivity index (χ3v) is 5.46. The summed E-state index contributed by atoms with van der Waals surface area (Å²) in [6.45, 7) is 0.608. The second kappa shape index (κ2) is 9.01. The first-order valence-corrected chi connectivity index (χ1v) is 9.54. The number of fused-ring (bicyclic) bond motifs is 2. The van der Waals surface area contributed by atoms with Crippen LogP contribution in [-0.2, 0) is 10.9 Å². The highest BCUT2D eigenvalue weighted by Gasteiger charge is 2.39. The van der Waals surface area contributed by atoms with Gasteiger partial charge in [0.15, 0.2) is 18.3 Å². The summed E-state index contributed by atoms with van der Waals surface area (Å²) in [7, 11) is 1.41. The highest BCUT2D eigenvalue weighted by molar-refractivity contribution is 5.44. The molecule has 0 spiro atoms. The largest absolute Gasteiger partial charge is 0.486 e. The van der Waals surface area contributed by atoms with E-state index in [1.54, 1.807) is 0 Å². The molecule has 1 aromatic rings. The van der Waals surface area contributed by atoms with Crippen molar-refractivity contribution in [3.05, 3.63) is 23.8 Å². The molecule has 2 heterocycles. The number of benzene rings is 1. The number of hydrogen-bond donors (Lipinski definition) is 0. The minimum atomic E-state index is -4.45. The standard InChI is InChI=1S/C20H25F3N2O3/c1-26-13-27-19-10-14(20(21,22)23)6-7-18(19)28-17-11-15-4-2-5-16(12-17)25(15)9-3-8-24/h6-7,10,15-17H,2-5,9,11-13H2,1H3/t15-,16+,17+. The van der Waals surface area contributed by atoms with E-state index in [9.17, 15) is 13.2 Å². The number of nitrogens with zero attached hydrogens (tertiary/aromatic N) is 2. The Morgan fingerprint density at radius 3 is 2.50 bits per heavy atom. The van der Waals surface area contributed by atoms with Crippen molar-refractivity contribution < 1.29 is 27.4 Å². The monoisotopic (exact) mass is 398 g/mol. The molecule has 1 aromatic carbocycles. The van der Waals surface area contributed by atoms with Crippen molar-refractivity contribution in [1.29, 1.82) is 5.26 Å². The number of halogens is 3. The van der Waals surface area contributed by atoms with Gasteiger partial charge in [0.05, 0.1) is 11.6 Å². The van der Waals surface area contributed by atoms with Crippen LogP contribution in [0.3, 0.4) is 0 Å². The Labute approximate surface area is 163 Å². The summed E-state index contributed by atoms with van der Waals surface area (Å²) >= 11 is 0. The number of ether oxygens (including phenoxy) is 3.